The fourth-order valence-corrected chi connectivity index (χ4v) is 3.29. The molecular formula is C24H17F3N2O3. The second-order valence-electron chi connectivity index (χ2n) is 7.05. The van der Waals surface area contributed by atoms with Gasteiger partial charge in [0.1, 0.15) is 11.4 Å². The largest absolute Gasteiger partial charge is 0.508 e. The summed E-state index contributed by atoms with van der Waals surface area (Å²) in [6.45, 7) is 1.29. The van der Waals surface area contributed by atoms with Crippen molar-refractivity contribution >= 4 is 11.8 Å². The minimum Gasteiger partial charge on any atom is -0.508 e. The molecule has 0 aliphatic heterocycles. The Morgan fingerprint density at radius 2 is 1.62 bits per heavy atom. The van der Waals surface area contributed by atoms with Crippen LogP contribution in [0.2, 0.25) is 0 Å². The van der Waals surface area contributed by atoms with Gasteiger partial charge >= 0.3 is 6.18 Å². The van der Waals surface area contributed by atoms with Gasteiger partial charge in [-0.2, -0.15) is 13.2 Å². The zero-order chi connectivity index (χ0) is 22.9. The maximum atomic E-state index is 12.9. The molecule has 0 fully saturated rings. The Balaban J connectivity index is 1.83. The number of oxazole rings is 1. The van der Waals surface area contributed by atoms with E-state index >= 15 is 0 Å². The third-order valence-electron chi connectivity index (χ3n) is 4.72. The molecule has 1 heterocycles. The summed E-state index contributed by atoms with van der Waals surface area (Å²) in [5.74, 6) is -0.128. The van der Waals surface area contributed by atoms with Gasteiger partial charge < -0.3 is 9.52 Å². The Morgan fingerprint density at radius 3 is 2.25 bits per heavy atom. The number of aromatic nitrogens is 1. The molecule has 5 nitrogen and oxygen atoms in total. The van der Waals surface area contributed by atoms with Crippen molar-refractivity contribution in [3.05, 3.63) is 78.4 Å². The Hall–Kier alpha value is -4.07. The van der Waals surface area contributed by atoms with Gasteiger partial charge in [-0.15, -0.1) is 0 Å². The molecule has 0 saturated carbocycles. The van der Waals surface area contributed by atoms with Crippen LogP contribution in [0.25, 0.3) is 33.8 Å². The monoisotopic (exact) mass is 438 g/mol. The van der Waals surface area contributed by atoms with Crippen molar-refractivity contribution in [1.82, 2.24) is 4.98 Å². The lowest BCUT2D eigenvalue weighted by atomic mass is 9.99. The summed E-state index contributed by atoms with van der Waals surface area (Å²) in [5, 5.41) is 12.4. The SMILES string of the molecule is CC(=O)Nc1oc(-c2ccccc2-c2cccc(O)c2)nc1-c1ccc(C(F)(F)F)cc1. The van der Waals surface area contributed by atoms with Crippen LogP contribution in [-0.4, -0.2) is 16.0 Å². The first-order chi connectivity index (χ1) is 15.2. The van der Waals surface area contributed by atoms with Crippen LogP contribution in [0.4, 0.5) is 19.1 Å². The second kappa shape index (κ2) is 8.22. The number of rotatable bonds is 4. The summed E-state index contributed by atoms with van der Waals surface area (Å²) >= 11 is 0. The zero-order valence-corrected chi connectivity index (χ0v) is 16.8. The second-order valence-corrected chi connectivity index (χ2v) is 7.05. The van der Waals surface area contributed by atoms with Gasteiger partial charge in [-0.3, -0.25) is 10.1 Å². The molecule has 32 heavy (non-hydrogen) atoms. The number of carbonyl (C=O) groups excluding carboxylic acids is 1. The molecule has 8 heteroatoms. The van der Waals surface area contributed by atoms with Gasteiger partial charge in [-0.1, -0.05) is 42.5 Å². The van der Waals surface area contributed by atoms with Crippen molar-refractivity contribution in [2.45, 2.75) is 13.1 Å². The lowest BCUT2D eigenvalue weighted by Gasteiger charge is -2.07. The number of phenols is 1. The summed E-state index contributed by atoms with van der Waals surface area (Å²) in [7, 11) is 0. The van der Waals surface area contributed by atoms with Crippen LogP contribution < -0.4 is 5.32 Å². The van der Waals surface area contributed by atoms with Crippen molar-refractivity contribution in [3.63, 3.8) is 0 Å². The minimum absolute atomic E-state index is 0.0259. The minimum atomic E-state index is -4.46. The van der Waals surface area contributed by atoms with E-state index in [0.717, 1.165) is 23.3 Å². The standard InChI is InChI=1S/C24H17F3N2O3/c1-14(30)28-23-21(15-9-11-17(12-10-15)24(25,26)27)29-22(32-23)20-8-3-2-7-19(20)16-5-4-6-18(31)13-16/h2-13,31H,1H3,(H,28,30). The van der Waals surface area contributed by atoms with E-state index in [9.17, 15) is 23.1 Å². The number of amides is 1. The van der Waals surface area contributed by atoms with Crippen LogP contribution in [0.3, 0.4) is 0 Å². The first-order valence-electron chi connectivity index (χ1n) is 9.57. The van der Waals surface area contributed by atoms with E-state index in [0.29, 0.717) is 11.1 Å². The van der Waals surface area contributed by atoms with Crippen molar-refractivity contribution in [2.24, 2.45) is 0 Å². The quantitative estimate of drug-likeness (QED) is 0.389. The number of hydrogen-bond acceptors (Lipinski definition) is 4. The molecule has 0 atom stereocenters. The molecule has 1 amide bonds. The van der Waals surface area contributed by atoms with Crippen LogP contribution in [0.5, 0.6) is 5.75 Å². The van der Waals surface area contributed by atoms with Crippen LogP contribution in [0, 0.1) is 0 Å². The average molecular weight is 438 g/mol. The van der Waals surface area contributed by atoms with Crippen molar-refractivity contribution < 1.29 is 27.5 Å². The lowest BCUT2D eigenvalue weighted by Crippen LogP contribution is -2.06. The molecule has 4 rings (SSSR count). The molecule has 1 aromatic heterocycles. The Labute approximate surface area is 181 Å². The van der Waals surface area contributed by atoms with E-state index in [1.807, 2.05) is 18.2 Å². The number of alkyl halides is 3. The third kappa shape index (κ3) is 4.34. The highest BCUT2D eigenvalue weighted by Gasteiger charge is 2.30. The van der Waals surface area contributed by atoms with E-state index in [-0.39, 0.29) is 23.2 Å². The summed E-state index contributed by atoms with van der Waals surface area (Å²) in [6, 6.07) is 18.3. The smallest absolute Gasteiger partial charge is 0.416 e. The molecule has 0 radical (unpaired) electrons. The summed E-state index contributed by atoms with van der Waals surface area (Å²) in [5.41, 5.74) is 1.79. The molecule has 0 saturated heterocycles. The van der Waals surface area contributed by atoms with Gasteiger partial charge in [-0.05, 0) is 41.5 Å². The highest BCUT2D eigenvalue weighted by molar-refractivity contribution is 5.92. The highest BCUT2D eigenvalue weighted by atomic mass is 19.4. The fraction of sp³-hybridized carbons (Fsp3) is 0.0833. The van der Waals surface area contributed by atoms with E-state index < -0.39 is 17.6 Å². The van der Waals surface area contributed by atoms with Crippen molar-refractivity contribution in [2.75, 3.05) is 5.32 Å². The van der Waals surface area contributed by atoms with E-state index in [2.05, 4.69) is 10.3 Å². The van der Waals surface area contributed by atoms with Crippen LogP contribution in [0.1, 0.15) is 12.5 Å². The Kier molecular flexibility index (Phi) is 5.44. The Morgan fingerprint density at radius 1 is 0.938 bits per heavy atom. The molecular weight excluding hydrogens is 421 g/mol. The highest BCUT2D eigenvalue weighted by Crippen LogP contribution is 2.38. The van der Waals surface area contributed by atoms with E-state index in [4.69, 9.17) is 4.42 Å². The van der Waals surface area contributed by atoms with Gasteiger partial charge in [0.25, 0.3) is 0 Å². The van der Waals surface area contributed by atoms with E-state index in [1.165, 1.54) is 19.1 Å². The number of halogens is 3. The number of carbonyl (C=O) groups is 1. The fourth-order valence-electron chi connectivity index (χ4n) is 3.29. The number of benzene rings is 3. The van der Waals surface area contributed by atoms with Gasteiger partial charge in [0.2, 0.25) is 17.7 Å². The van der Waals surface area contributed by atoms with Gasteiger partial charge in [0.05, 0.1) is 5.56 Å². The molecule has 0 unspecified atom stereocenters. The van der Waals surface area contributed by atoms with Crippen LogP contribution >= 0.6 is 0 Å². The summed E-state index contributed by atoms with van der Waals surface area (Å²) in [6.07, 6.45) is -4.46. The van der Waals surface area contributed by atoms with Crippen LogP contribution in [-0.2, 0) is 11.0 Å². The number of anilines is 1. The molecule has 162 valence electrons. The van der Waals surface area contributed by atoms with Crippen LogP contribution in [0.15, 0.2) is 77.2 Å². The molecule has 0 spiro atoms. The van der Waals surface area contributed by atoms with Crippen molar-refractivity contribution in [1.29, 1.82) is 0 Å². The predicted molar refractivity (Wildman–Crippen MR) is 114 cm³/mol. The summed E-state index contributed by atoms with van der Waals surface area (Å²) < 4.78 is 44.6. The predicted octanol–water partition coefficient (Wildman–Crippen LogP) is 6.36. The molecule has 3 aromatic carbocycles. The van der Waals surface area contributed by atoms with Gasteiger partial charge in [0.15, 0.2) is 0 Å². The number of nitrogens with one attached hydrogen (secondary N) is 1. The molecule has 2 N–H and O–H groups in total. The first-order valence-corrected chi connectivity index (χ1v) is 9.57. The van der Waals surface area contributed by atoms with Gasteiger partial charge in [0, 0.05) is 18.1 Å². The molecule has 4 aromatic rings. The topological polar surface area (TPSA) is 75.4 Å². The van der Waals surface area contributed by atoms with Gasteiger partial charge in [-0.25, -0.2) is 4.98 Å². The molecule has 0 bridgehead atoms. The first kappa shape index (κ1) is 21.2. The lowest BCUT2D eigenvalue weighted by molar-refractivity contribution is -0.137. The average Bonchev–Trinajstić information content (AvgIpc) is 3.16. The number of phenolic OH excluding ortho intramolecular Hbond substituents is 1. The maximum absolute atomic E-state index is 12.9. The number of nitrogens with zero attached hydrogens (tertiary/aromatic N) is 1. The number of hydrogen-bond donors (Lipinski definition) is 2. The normalized spacial score (nSPS) is 11.4. The molecule has 0 aliphatic rings. The summed E-state index contributed by atoms with van der Waals surface area (Å²) in [4.78, 5) is 16.2. The molecule has 0 aliphatic carbocycles. The maximum Gasteiger partial charge on any atom is 0.416 e. The van der Waals surface area contributed by atoms with Crippen molar-refractivity contribution in [3.8, 4) is 39.6 Å². The third-order valence-corrected chi connectivity index (χ3v) is 4.72. The zero-order valence-electron chi connectivity index (χ0n) is 16.8. The van der Waals surface area contributed by atoms with E-state index in [1.54, 1.807) is 30.3 Å². The number of aromatic hydroxyl groups is 1. The Bertz CT molecular complexity index is 1280.